The minimum Gasteiger partial charge on any atom is -0.478 e. The Bertz CT molecular complexity index is 583. The molecule has 0 fully saturated rings. The van der Waals surface area contributed by atoms with Crippen molar-refractivity contribution in [2.75, 3.05) is 0 Å². The van der Waals surface area contributed by atoms with E-state index < -0.39 is 5.97 Å². The van der Waals surface area contributed by atoms with Crippen molar-refractivity contribution in [2.24, 2.45) is 0 Å². The van der Waals surface area contributed by atoms with Crippen LogP contribution in [0.2, 0.25) is 0 Å². The highest BCUT2D eigenvalue weighted by Gasteiger charge is 2.17. The number of amides is 1. The molecule has 2 N–H and O–H groups in total. The molecule has 0 unspecified atom stereocenters. The molecule has 0 aromatic carbocycles. The number of aliphatic carboxylic acids is 1. The van der Waals surface area contributed by atoms with Gasteiger partial charge in [-0.2, -0.15) is 0 Å². The SMILES string of the molecule is C=CCCC/C(=C\C)C(=O)NC1=C(C(=O)O)CC=C(Br)C=C1. The third-order valence-corrected chi connectivity index (χ3v) is 3.82. The summed E-state index contributed by atoms with van der Waals surface area (Å²) in [5, 5.41) is 12.0. The fourth-order valence-electron chi connectivity index (χ4n) is 1.99. The fourth-order valence-corrected chi connectivity index (χ4v) is 2.28. The molecule has 0 atom stereocenters. The van der Waals surface area contributed by atoms with Crippen LogP contribution < -0.4 is 5.32 Å². The van der Waals surface area contributed by atoms with Gasteiger partial charge in [0.15, 0.2) is 0 Å². The lowest BCUT2D eigenvalue weighted by molar-refractivity contribution is -0.132. The molecule has 0 aromatic rings. The maximum Gasteiger partial charge on any atom is 0.333 e. The number of hydrogen-bond donors (Lipinski definition) is 2. The highest BCUT2D eigenvalue weighted by atomic mass is 79.9. The smallest absolute Gasteiger partial charge is 0.333 e. The van der Waals surface area contributed by atoms with E-state index in [4.69, 9.17) is 0 Å². The maximum atomic E-state index is 12.3. The lowest BCUT2D eigenvalue weighted by Gasteiger charge is -2.11. The summed E-state index contributed by atoms with van der Waals surface area (Å²) in [7, 11) is 0. The summed E-state index contributed by atoms with van der Waals surface area (Å²) in [6.07, 6.45) is 11.2. The Morgan fingerprint density at radius 1 is 1.45 bits per heavy atom. The van der Waals surface area contributed by atoms with Gasteiger partial charge in [-0.3, -0.25) is 4.79 Å². The van der Waals surface area contributed by atoms with Gasteiger partial charge in [0, 0.05) is 16.5 Å². The number of allylic oxidation sites excluding steroid dienone is 6. The predicted octanol–water partition coefficient (Wildman–Crippen LogP) is 3.98. The zero-order chi connectivity index (χ0) is 16.5. The zero-order valence-corrected chi connectivity index (χ0v) is 14.1. The van der Waals surface area contributed by atoms with E-state index in [-0.39, 0.29) is 17.9 Å². The summed E-state index contributed by atoms with van der Waals surface area (Å²) < 4.78 is 0.785. The summed E-state index contributed by atoms with van der Waals surface area (Å²) in [5.74, 6) is -1.30. The van der Waals surface area contributed by atoms with Gasteiger partial charge in [-0.25, -0.2) is 4.79 Å². The molecular formula is C17H20BrNO3. The van der Waals surface area contributed by atoms with Gasteiger partial charge in [0.05, 0.1) is 11.3 Å². The first-order chi connectivity index (χ1) is 10.5. The van der Waals surface area contributed by atoms with Gasteiger partial charge >= 0.3 is 5.97 Å². The lowest BCUT2D eigenvalue weighted by atomic mass is 10.1. The third kappa shape index (κ3) is 5.48. The van der Waals surface area contributed by atoms with E-state index in [1.165, 1.54) is 0 Å². The van der Waals surface area contributed by atoms with Crippen molar-refractivity contribution in [3.63, 3.8) is 0 Å². The Balaban J connectivity index is 2.89. The molecule has 0 heterocycles. The van der Waals surface area contributed by atoms with Crippen LogP contribution in [0.3, 0.4) is 0 Å². The van der Waals surface area contributed by atoms with Gasteiger partial charge in [-0.05, 0) is 38.3 Å². The number of hydrogen-bond acceptors (Lipinski definition) is 2. The molecule has 118 valence electrons. The number of rotatable bonds is 7. The summed E-state index contributed by atoms with van der Waals surface area (Å²) >= 11 is 3.31. The molecule has 0 aromatic heterocycles. The predicted molar refractivity (Wildman–Crippen MR) is 91.4 cm³/mol. The largest absolute Gasteiger partial charge is 0.478 e. The minimum atomic E-state index is -1.04. The molecule has 1 rings (SSSR count). The van der Waals surface area contributed by atoms with Crippen molar-refractivity contribution >= 4 is 27.8 Å². The Morgan fingerprint density at radius 2 is 2.18 bits per heavy atom. The molecular weight excluding hydrogens is 346 g/mol. The van der Waals surface area contributed by atoms with Crippen molar-refractivity contribution < 1.29 is 14.7 Å². The lowest BCUT2D eigenvalue weighted by Crippen LogP contribution is -2.26. The molecule has 0 aliphatic heterocycles. The summed E-state index contributed by atoms with van der Waals surface area (Å²) in [4.78, 5) is 23.6. The van der Waals surface area contributed by atoms with Crippen molar-refractivity contribution in [1.82, 2.24) is 5.32 Å². The molecule has 0 saturated heterocycles. The van der Waals surface area contributed by atoms with Gasteiger partial charge < -0.3 is 10.4 Å². The summed E-state index contributed by atoms with van der Waals surface area (Å²) in [5.41, 5.74) is 1.13. The van der Waals surface area contributed by atoms with Crippen LogP contribution in [0.1, 0.15) is 32.6 Å². The van der Waals surface area contributed by atoms with E-state index in [2.05, 4.69) is 27.8 Å². The van der Waals surface area contributed by atoms with Gasteiger partial charge in [0.25, 0.3) is 5.91 Å². The number of carbonyl (C=O) groups excluding carboxylic acids is 1. The Hall–Kier alpha value is -1.88. The first-order valence-electron chi connectivity index (χ1n) is 7.07. The third-order valence-electron chi connectivity index (χ3n) is 3.24. The van der Waals surface area contributed by atoms with Crippen molar-refractivity contribution in [1.29, 1.82) is 0 Å². The van der Waals surface area contributed by atoms with E-state index in [9.17, 15) is 14.7 Å². The normalized spacial score (nSPS) is 15.2. The Morgan fingerprint density at radius 3 is 2.77 bits per heavy atom. The van der Waals surface area contributed by atoms with Crippen LogP contribution in [-0.2, 0) is 9.59 Å². The van der Waals surface area contributed by atoms with Gasteiger partial charge in [0.2, 0.25) is 0 Å². The highest BCUT2D eigenvalue weighted by molar-refractivity contribution is 9.11. The topological polar surface area (TPSA) is 66.4 Å². The average Bonchev–Trinajstić information content (AvgIpc) is 2.66. The first kappa shape index (κ1) is 18.2. The second kappa shape index (κ2) is 9.20. The number of halogens is 1. The second-order valence-corrected chi connectivity index (χ2v) is 5.69. The molecule has 1 aliphatic rings. The van der Waals surface area contributed by atoms with Crippen LogP contribution in [0.25, 0.3) is 0 Å². The molecule has 0 bridgehead atoms. The van der Waals surface area contributed by atoms with E-state index in [0.29, 0.717) is 17.7 Å². The van der Waals surface area contributed by atoms with Crippen LogP contribution in [0.5, 0.6) is 0 Å². The molecule has 5 heteroatoms. The average molecular weight is 366 g/mol. The number of carboxylic acids is 1. The maximum absolute atomic E-state index is 12.3. The molecule has 0 spiro atoms. The van der Waals surface area contributed by atoms with Crippen LogP contribution in [0, 0.1) is 0 Å². The van der Waals surface area contributed by atoms with E-state index in [0.717, 1.165) is 17.3 Å². The summed E-state index contributed by atoms with van der Waals surface area (Å²) in [6, 6.07) is 0. The molecule has 0 saturated carbocycles. The molecule has 1 aliphatic carbocycles. The van der Waals surface area contributed by atoms with Crippen LogP contribution >= 0.6 is 15.9 Å². The standard InChI is InChI=1S/C17H20BrNO3/c1-3-5-6-7-12(4-2)16(20)19-15-11-9-13(18)8-10-14(15)17(21)22/h3-4,8-9,11H,1,5-7,10H2,2H3,(H,19,20)(H,21,22)/b12-4+. The number of nitrogens with one attached hydrogen (secondary N) is 1. The van der Waals surface area contributed by atoms with E-state index in [1.807, 2.05) is 6.08 Å². The number of unbranched alkanes of at least 4 members (excludes halogenated alkanes) is 1. The minimum absolute atomic E-state index is 0.167. The van der Waals surface area contributed by atoms with E-state index >= 15 is 0 Å². The molecule has 22 heavy (non-hydrogen) atoms. The fraction of sp³-hybridized carbons (Fsp3) is 0.294. The molecule has 4 nitrogen and oxygen atoms in total. The van der Waals surface area contributed by atoms with Crippen LogP contribution in [0.15, 0.2) is 58.3 Å². The molecule has 0 radical (unpaired) electrons. The second-order valence-electron chi connectivity index (χ2n) is 4.77. The van der Waals surface area contributed by atoms with Gasteiger partial charge in [-0.1, -0.05) is 34.2 Å². The van der Waals surface area contributed by atoms with Crippen molar-refractivity contribution in [2.45, 2.75) is 32.6 Å². The number of carboxylic acid groups (broad SMARTS) is 1. The van der Waals surface area contributed by atoms with Crippen LogP contribution in [0.4, 0.5) is 0 Å². The summed E-state index contributed by atoms with van der Waals surface area (Å²) in [6.45, 7) is 5.46. The van der Waals surface area contributed by atoms with Gasteiger partial charge in [-0.15, -0.1) is 6.58 Å². The van der Waals surface area contributed by atoms with Gasteiger partial charge in [0.1, 0.15) is 0 Å². The van der Waals surface area contributed by atoms with Crippen molar-refractivity contribution in [3.05, 3.63) is 58.3 Å². The quantitative estimate of drug-likeness (QED) is 0.407. The zero-order valence-electron chi connectivity index (χ0n) is 12.6. The van der Waals surface area contributed by atoms with Crippen LogP contribution in [-0.4, -0.2) is 17.0 Å². The monoisotopic (exact) mass is 365 g/mol. The molecule has 1 amide bonds. The first-order valence-corrected chi connectivity index (χ1v) is 7.86. The highest BCUT2D eigenvalue weighted by Crippen LogP contribution is 2.20. The van der Waals surface area contributed by atoms with E-state index in [1.54, 1.807) is 31.2 Å². The Kier molecular flexibility index (Phi) is 7.60. The number of carbonyl (C=O) groups is 2. The Labute approximate surface area is 139 Å². The van der Waals surface area contributed by atoms with Crippen molar-refractivity contribution in [3.8, 4) is 0 Å².